The van der Waals surface area contributed by atoms with Crippen molar-refractivity contribution in [2.75, 3.05) is 23.3 Å². The zero-order valence-corrected chi connectivity index (χ0v) is 15.1. The lowest BCUT2D eigenvalue weighted by atomic mass is 10.2. The molecule has 7 nitrogen and oxygen atoms in total. The van der Waals surface area contributed by atoms with Crippen LogP contribution >= 0.6 is 11.3 Å². The van der Waals surface area contributed by atoms with E-state index in [1.54, 1.807) is 4.52 Å². The van der Waals surface area contributed by atoms with Gasteiger partial charge in [0.15, 0.2) is 5.82 Å². The van der Waals surface area contributed by atoms with Gasteiger partial charge in [0.1, 0.15) is 0 Å². The fourth-order valence-electron chi connectivity index (χ4n) is 2.85. The van der Waals surface area contributed by atoms with Crippen LogP contribution in [0.15, 0.2) is 24.3 Å². The number of amides is 1. The van der Waals surface area contributed by atoms with Crippen molar-refractivity contribution in [1.82, 2.24) is 19.8 Å². The Morgan fingerprint density at radius 3 is 2.60 bits per heavy atom. The van der Waals surface area contributed by atoms with Gasteiger partial charge in [0, 0.05) is 30.4 Å². The molecule has 1 aromatic carbocycles. The first-order valence-electron chi connectivity index (χ1n) is 8.58. The zero-order chi connectivity index (χ0) is 17.4. The van der Waals surface area contributed by atoms with Crippen molar-refractivity contribution in [2.24, 2.45) is 0 Å². The van der Waals surface area contributed by atoms with Gasteiger partial charge in [0.2, 0.25) is 9.97 Å². The van der Waals surface area contributed by atoms with Crippen molar-refractivity contribution in [3.8, 4) is 0 Å². The minimum absolute atomic E-state index is 0.215. The molecule has 25 heavy (non-hydrogen) atoms. The smallest absolute Gasteiger partial charge is 0.286 e. The molecule has 0 saturated heterocycles. The highest BCUT2D eigenvalue weighted by Crippen LogP contribution is 2.39. The summed E-state index contributed by atoms with van der Waals surface area (Å²) >= 11 is 1.26. The number of anilines is 2. The summed E-state index contributed by atoms with van der Waals surface area (Å²) in [5.74, 6) is 1.10. The van der Waals surface area contributed by atoms with Gasteiger partial charge in [0.25, 0.3) is 5.91 Å². The minimum Gasteiger partial charge on any atom is -0.372 e. The summed E-state index contributed by atoms with van der Waals surface area (Å²) in [5.41, 5.74) is 1.91. The fraction of sp³-hybridized carbons (Fsp3) is 0.412. The summed E-state index contributed by atoms with van der Waals surface area (Å²) in [7, 11) is 0. The molecule has 0 radical (unpaired) electrons. The van der Waals surface area contributed by atoms with Crippen molar-refractivity contribution in [2.45, 2.75) is 32.6 Å². The Hall–Kier alpha value is -2.48. The number of nitrogens with zero attached hydrogens (tertiary/aromatic N) is 5. The predicted octanol–water partition coefficient (Wildman–Crippen LogP) is 3.16. The van der Waals surface area contributed by atoms with Crippen LogP contribution in [-0.4, -0.2) is 38.8 Å². The largest absolute Gasteiger partial charge is 0.372 e. The van der Waals surface area contributed by atoms with Gasteiger partial charge in [-0.25, -0.2) is 0 Å². The van der Waals surface area contributed by atoms with E-state index >= 15 is 0 Å². The third-order valence-electron chi connectivity index (χ3n) is 4.41. The van der Waals surface area contributed by atoms with Crippen LogP contribution in [-0.2, 0) is 0 Å². The van der Waals surface area contributed by atoms with Gasteiger partial charge in [-0.3, -0.25) is 4.79 Å². The van der Waals surface area contributed by atoms with Crippen molar-refractivity contribution >= 4 is 33.6 Å². The first kappa shape index (κ1) is 16.0. The molecule has 2 aromatic heterocycles. The monoisotopic (exact) mass is 356 g/mol. The topological polar surface area (TPSA) is 75.4 Å². The number of hydrogen-bond acceptors (Lipinski definition) is 6. The molecule has 1 amide bonds. The van der Waals surface area contributed by atoms with Gasteiger partial charge in [-0.1, -0.05) is 11.3 Å². The van der Waals surface area contributed by atoms with Crippen molar-refractivity contribution in [3.63, 3.8) is 0 Å². The molecule has 1 fully saturated rings. The Morgan fingerprint density at radius 2 is 1.96 bits per heavy atom. The fourth-order valence-corrected chi connectivity index (χ4v) is 3.59. The van der Waals surface area contributed by atoms with E-state index < -0.39 is 0 Å². The second kappa shape index (κ2) is 6.44. The minimum atomic E-state index is -0.215. The summed E-state index contributed by atoms with van der Waals surface area (Å²) in [6, 6.07) is 7.88. The SMILES string of the molecule is CCN(CC)c1ccc(NC(=O)c2nn3c(C4CC4)nnc3s2)cc1. The summed E-state index contributed by atoms with van der Waals surface area (Å²) in [6.45, 7) is 6.17. The van der Waals surface area contributed by atoms with E-state index in [0.29, 0.717) is 15.9 Å². The maximum absolute atomic E-state index is 12.5. The third-order valence-corrected chi connectivity index (χ3v) is 5.30. The molecule has 0 unspecified atom stereocenters. The number of fused-ring (bicyclic) bond motifs is 1. The molecular formula is C17H20N6OS. The summed E-state index contributed by atoms with van der Waals surface area (Å²) in [6.07, 6.45) is 2.25. The van der Waals surface area contributed by atoms with Crippen LogP contribution in [0.25, 0.3) is 4.96 Å². The van der Waals surface area contributed by atoms with Crippen LogP contribution in [0, 0.1) is 0 Å². The number of nitrogens with one attached hydrogen (secondary N) is 1. The molecule has 0 bridgehead atoms. The normalized spacial score (nSPS) is 14.0. The molecule has 1 N–H and O–H groups in total. The van der Waals surface area contributed by atoms with Crippen LogP contribution in [0.2, 0.25) is 0 Å². The van der Waals surface area contributed by atoms with Gasteiger partial charge < -0.3 is 10.2 Å². The zero-order valence-electron chi connectivity index (χ0n) is 14.3. The highest BCUT2D eigenvalue weighted by Gasteiger charge is 2.30. The average molecular weight is 356 g/mol. The van der Waals surface area contributed by atoms with Crippen LogP contribution < -0.4 is 10.2 Å². The molecule has 8 heteroatoms. The molecule has 0 aliphatic heterocycles. The van der Waals surface area contributed by atoms with Crippen LogP contribution in [0.5, 0.6) is 0 Å². The van der Waals surface area contributed by atoms with E-state index in [0.717, 1.165) is 43.1 Å². The number of rotatable bonds is 6. The highest BCUT2D eigenvalue weighted by molar-refractivity contribution is 7.18. The van der Waals surface area contributed by atoms with Crippen LogP contribution in [0.4, 0.5) is 11.4 Å². The van der Waals surface area contributed by atoms with Gasteiger partial charge in [-0.15, -0.1) is 15.3 Å². The molecular weight excluding hydrogens is 336 g/mol. The highest BCUT2D eigenvalue weighted by atomic mass is 32.1. The first-order chi connectivity index (χ1) is 12.2. The van der Waals surface area contributed by atoms with E-state index in [4.69, 9.17) is 0 Å². The van der Waals surface area contributed by atoms with Crippen LogP contribution in [0.1, 0.15) is 48.2 Å². The number of benzene rings is 1. The Bertz CT molecular complexity index is 892. The molecule has 0 atom stereocenters. The average Bonchev–Trinajstić information content (AvgIpc) is 3.25. The van der Waals surface area contributed by atoms with E-state index in [9.17, 15) is 4.79 Å². The summed E-state index contributed by atoms with van der Waals surface area (Å²) in [5, 5.41) is 16.0. The van der Waals surface area contributed by atoms with E-state index in [2.05, 4.69) is 39.4 Å². The number of hydrogen-bond donors (Lipinski definition) is 1. The quantitative estimate of drug-likeness (QED) is 0.734. The van der Waals surface area contributed by atoms with E-state index in [1.807, 2.05) is 24.3 Å². The standard InChI is InChI=1S/C17H20N6OS/c1-3-22(4-2)13-9-7-12(8-10-13)18-15(24)16-21-23-14(11-5-6-11)19-20-17(23)25-16/h7-11H,3-6H2,1-2H3,(H,18,24). The van der Waals surface area contributed by atoms with Gasteiger partial charge in [0.05, 0.1) is 0 Å². The summed E-state index contributed by atoms with van der Waals surface area (Å²) in [4.78, 5) is 15.4. The first-order valence-corrected chi connectivity index (χ1v) is 9.39. The number of carbonyl (C=O) groups is 1. The Kier molecular flexibility index (Phi) is 4.12. The molecule has 0 spiro atoms. The molecule has 1 saturated carbocycles. The maximum atomic E-state index is 12.5. The molecule has 4 rings (SSSR count). The molecule has 1 aliphatic carbocycles. The number of aromatic nitrogens is 4. The second-order valence-electron chi connectivity index (χ2n) is 6.11. The predicted molar refractivity (Wildman–Crippen MR) is 98.6 cm³/mol. The summed E-state index contributed by atoms with van der Waals surface area (Å²) < 4.78 is 1.71. The van der Waals surface area contributed by atoms with Gasteiger partial charge >= 0.3 is 0 Å². The lowest BCUT2D eigenvalue weighted by Gasteiger charge is -2.21. The lowest BCUT2D eigenvalue weighted by molar-refractivity contribution is 0.102. The van der Waals surface area contributed by atoms with Crippen molar-refractivity contribution in [1.29, 1.82) is 0 Å². The molecule has 130 valence electrons. The van der Waals surface area contributed by atoms with E-state index in [1.165, 1.54) is 11.3 Å². The number of carbonyl (C=O) groups excluding carboxylic acids is 1. The van der Waals surface area contributed by atoms with Gasteiger partial charge in [-0.05, 0) is 51.0 Å². The lowest BCUT2D eigenvalue weighted by Crippen LogP contribution is -2.21. The second-order valence-corrected chi connectivity index (χ2v) is 7.06. The van der Waals surface area contributed by atoms with Gasteiger partial charge in [-0.2, -0.15) is 4.52 Å². The molecule has 3 aromatic rings. The molecule has 2 heterocycles. The van der Waals surface area contributed by atoms with E-state index in [-0.39, 0.29) is 5.91 Å². The third kappa shape index (κ3) is 3.09. The Morgan fingerprint density at radius 1 is 1.24 bits per heavy atom. The van der Waals surface area contributed by atoms with Crippen LogP contribution in [0.3, 0.4) is 0 Å². The van der Waals surface area contributed by atoms with Crippen molar-refractivity contribution < 1.29 is 4.79 Å². The van der Waals surface area contributed by atoms with Crippen molar-refractivity contribution in [3.05, 3.63) is 35.1 Å². The Labute approximate surface area is 149 Å². The Balaban J connectivity index is 1.49. The molecule has 1 aliphatic rings. The maximum Gasteiger partial charge on any atom is 0.286 e.